The highest BCUT2D eigenvalue weighted by molar-refractivity contribution is 6.31. The van der Waals surface area contributed by atoms with Gasteiger partial charge in [0.25, 0.3) is 0 Å². The molecule has 0 saturated heterocycles. The number of hydrogen-bond acceptors (Lipinski definition) is 5. The van der Waals surface area contributed by atoms with Crippen LogP contribution in [-0.2, 0) is 9.53 Å². The van der Waals surface area contributed by atoms with Crippen LogP contribution in [0.2, 0.25) is 5.15 Å². The molecule has 3 rings (SSSR count). The number of ketones is 1. The number of halogens is 1. The fourth-order valence-corrected chi connectivity index (χ4v) is 2.57. The molecule has 0 atom stereocenters. The number of ether oxygens (including phenoxy) is 2. The molecule has 0 aliphatic carbocycles. The summed E-state index contributed by atoms with van der Waals surface area (Å²) in [6, 6.07) is 12.0. The number of methoxy groups -OCH3 is 1. The Hall–Kier alpha value is -3.12. The Morgan fingerprint density at radius 1 is 1.19 bits per heavy atom. The van der Waals surface area contributed by atoms with Crippen molar-refractivity contribution in [3.8, 4) is 5.75 Å². The molecule has 132 valence electrons. The molecule has 2 aromatic heterocycles. The summed E-state index contributed by atoms with van der Waals surface area (Å²) in [7, 11) is 1.54. The van der Waals surface area contributed by atoms with Gasteiger partial charge in [-0.05, 0) is 42.5 Å². The molecule has 0 unspecified atom stereocenters. The molecule has 0 spiro atoms. The normalized spacial score (nSPS) is 11.0. The third-order valence-electron chi connectivity index (χ3n) is 3.66. The molecule has 0 amide bonds. The van der Waals surface area contributed by atoms with Crippen LogP contribution in [0, 0.1) is 0 Å². The fraction of sp³-hybridized carbons (Fsp3) is 0.105. The highest BCUT2D eigenvalue weighted by Gasteiger charge is 2.10. The van der Waals surface area contributed by atoms with E-state index in [4.69, 9.17) is 21.1 Å². The summed E-state index contributed by atoms with van der Waals surface area (Å²) in [5.41, 5.74) is 1.66. The van der Waals surface area contributed by atoms with Gasteiger partial charge in [-0.3, -0.25) is 9.20 Å². The monoisotopic (exact) mass is 370 g/mol. The summed E-state index contributed by atoms with van der Waals surface area (Å²) >= 11 is 6.08. The zero-order valence-corrected chi connectivity index (χ0v) is 14.6. The molecule has 0 aliphatic heterocycles. The minimum atomic E-state index is -0.645. The van der Waals surface area contributed by atoms with Crippen molar-refractivity contribution in [2.75, 3.05) is 13.7 Å². The number of Topliss-reactive ketones (excluding diaryl/α,β-unsaturated/α-hetero) is 1. The van der Waals surface area contributed by atoms with E-state index >= 15 is 0 Å². The lowest BCUT2D eigenvalue weighted by Gasteiger charge is -2.03. The lowest BCUT2D eigenvalue weighted by Crippen LogP contribution is -2.12. The minimum absolute atomic E-state index is 0.273. The first kappa shape index (κ1) is 17.7. The summed E-state index contributed by atoms with van der Waals surface area (Å²) in [5, 5.41) is 0.273. The topological polar surface area (TPSA) is 69.9 Å². The number of nitrogens with zero attached hydrogens (tertiary/aromatic N) is 2. The maximum absolute atomic E-state index is 12.0. The summed E-state index contributed by atoms with van der Waals surface area (Å²) in [6.45, 7) is -0.351. The van der Waals surface area contributed by atoms with Crippen molar-refractivity contribution in [1.29, 1.82) is 0 Å². The first-order valence-electron chi connectivity index (χ1n) is 7.73. The molecule has 0 aliphatic rings. The molecule has 0 radical (unpaired) electrons. The number of carbonyl (C=O) groups is 2. The number of imidazole rings is 1. The summed E-state index contributed by atoms with van der Waals surface area (Å²) in [6.07, 6.45) is 4.50. The van der Waals surface area contributed by atoms with Crippen molar-refractivity contribution < 1.29 is 19.1 Å². The predicted octanol–water partition coefficient (Wildman–Crippen LogP) is 3.44. The SMILES string of the molecule is COc1ccc(C(=O)COC(=O)/C=C/c2c(Cl)nc3ccccn23)cc1. The first-order valence-corrected chi connectivity index (χ1v) is 8.11. The highest BCUT2D eigenvalue weighted by Crippen LogP contribution is 2.19. The number of hydrogen-bond donors (Lipinski definition) is 0. The molecule has 6 nitrogen and oxygen atoms in total. The van der Waals surface area contributed by atoms with Gasteiger partial charge in [0.15, 0.2) is 17.5 Å². The van der Waals surface area contributed by atoms with Gasteiger partial charge in [-0.25, -0.2) is 9.78 Å². The third-order valence-corrected chi connectivity index (χ3v) is 3.93. The second-order valence-corrected chi connectivity index (χ2v) is 5.67. The van der Waals surface area contributed by atoms with Crippen molar-refractivity contribution in [3.63, 3.8) is 0 Å². The van der Waals surface area contributed by atoms with Crippen LogP contribution in [0.4, 0.5) is 0 Å². The van der Waals surface area contributed by atoms with Gasteiger partial charge in [0.1, 0.15) is 11.4 Å². The lowest BCUT2D eigenvalue weighted by molar-refractivity contribution is -0.136. The molecule has 0 bridgehead atoms. The van der Waals surface area contributed by atoms with Gasteiger partial charge in [0, 0.05) is 17.8 Å². The summed E-state index contributed by atoms with van der Waals surface area (Å²) in [5.74, 6) is -0.303. The minimum Gasteiger partial charge on any atom is -0.497 e. The van der Waals surface area contributed by atoms with Gasteiger partial charge in [0.2, 0.25) is 0 Å². The second kappa shape index (κ2) is 7.84. The van der Waals surface area contributed by atoms with Crippen LogP contribution in [0.15, 0.2) is 54.7 Å². The Labute approximate surface area is 154 Å². The molecule has 0 N–H and O–H groups in total. The lowest BCUT2D eigenvalue weighted by atomic mass is 10.1. The number of esters is 1. The van der Waals surface area contributed by atoms with Crippen molar-refractivity contribution in [3.05, 3.63) is 71.1 Å². The van der Waals surface area contributed by atoms with Crippen LogP contribution in [0.1, 0.15) is 16.1 Å². The van der Waals surface area contributed by atoms with E-state index in [0.717, 1.165) is 0 Å². The van der Waals surface area contributed by atoms with Crippen LogP contribution >= 0.6 is 11.6 Å². The summed E-state index contributed by atoms with van der Waals surface area (Å²) in [4.78, 5) is 28.1. The zero-order chi connectivity index (χ0) is 18.5. The quantitative estimate of drug-likeness (QED) is 0.377. The van der Waals surface area contributed by atoms with E-state index in [1.54, 1.807) is 48.0 Å². The molecule has 0 saturated carbocycles. The average molecular weight is 371 g/mol. The number of carbonyl (C=O) groups excluding carboxylic acids is 2. The highest BCUT2D eigenvalue weighted by atomic mass is 35.5. The van der Waals surface area contributed by atoms with E-state index in [1.165, 1.54) is 12.2 Å². The third kappa shape index (κ3) is 3.92. The van der Waals surface area contributed by atoms with Crippen molar-refractivity contribution in [1.82, 2.24) is 9.38 Å². The van der Waals surface area contributed by atoms with Gasteiger partial charge in [-0.15, -0.1) is 0 Å². The standard InChI is InChI=1S/C19H15ClN2O4/c1-25-14-7-5-13(6-8-14)16(23)12-26-18(24)10-9-15-19(20)21-17-4-2-3-11-22(15)17/h2-11H,12H2,1H3/b10-9+. The molecule has 2 heterocycles. The zero-order valence-electron chi connectivity index (χ0n) is 13.9. The van der Waals surface area contributed by atoms with Crippen LogP contribution in [0.25, 0.3) is 11.7 Å². The summed E-state index contributed by atoms with van der Waals surface area (Å²) < 4.78 is 11.8. The van der Waals surface area contributed by atoms with Crippen LogP contribution in [-0.4, -0.2) is 34.9 Å². The van der Waals surface area contributed by atoms with Crippen molar-refractivity contribution >= 4 is 35.1 Å². The Balaban J connectivity index is 1.62. The van der Waals surface area contributed by atoms with Crippen LogP contribution in [0.3, 0.4) is 0 Å². The average Bonchev–Trinajstić information content (AvgIpc) is 2.99. The Bertz CT molecular complexity index is 977. The largest absolute Gasteiger partial charge is 0.497 e. The fourth-order valence-electron chi connectivity index (χ4n) is 2.33. The maximum Gasteiger partial charge on any atom is 0.331 e. The molecule has 1 aromatic carbocycles. The van der Waals surface area contributed by atoms with E-state index in [1.807, 2.05) is 12.1 Å². The molecule has 26 heavy (non-hydrogen) atoms. The van der Waals surface area contributed by atoms with E-state index < -0.39 is 5.97 Å². The van der Waals surface area contributed by atoms with Crippen LogP contribution in [0.5, 0.6) is 5.75 Å². The molecular formula is C19H15ClN2O4. The predicted molar refractivity (Wildman–Crippen MR) is 97.5 cm³/mol. The molecule has 3 aromatic rings. The van der Waals surface area contributed by atoms with Gasteiger partial charge < -0.3 is 9.47 Å². The molecule has 7 heteroatoms. The Morgan fingerprint density at radius 3 is 2.69 bits per heavy atom. The van der Waals surface area contributed by atoms with Crippen molar-refractivity contribution in [2.24, 2.45) is 0 Å². The van der Waals surface area contributed by atoms with Gasteiger partial charge in [-0.1, -0.05) is 17.7 Å². The van der Waals surface area contributed by atoms with Gasteiger partial charge in [0.05, 0.1) is 12.8 Å². The van der Waals surface area contributed by atoms with E-state index in [9.17, 15) is 9.59 Å². The number of benzene rings is 1. The van der Waals surface area contributed by atoms with Crippen molar-refractivity contribution in [2.45, 2.75) is 0 Å². The number of fused-ring (bicyclic) bond motifs is 1. The van der Waals surface area contributed by atoms with Crippen LogP contribution < -0.4 is 4.74 Å². The van der Waals surface area contributed by atoms with E-state index in [0.29, 0.717) is 22.7 Å². The molecular weight excluding hydrogens is 356 g/mol. The van der Waals surface area contributed by atoms with Gasteiger partial charge >= 0.3 is 5.97 Å². The number of pyridine rings is 1. The first-order chi connectivity index (χ1) is 12.6. The van der Waals surface area contributed by atoms with E-state index in [-0.39, 0.29) is 17.5 Å². The Morgan fingerprint density at radius 2 is 1.96 bits per heavy atom. The Kier molecular flexibility index (Phi) is 5.34. The number of rotatable bonds is 6. The second-order valence-electron chi connectivity index (χ2n) is 5.31. The smallest absolute Gasteiger partial charge is 0.331 e. The van der Waals surface area contributed by atoms with Gasteiger partial charge in [-0.2, -0.15) is 0 Å². The number of aromatic nitrogens is 2. The van der Waals surface area contributed by atoms with E-state index in [2.05, 4.69) is 4.98 Å². The maximum atomic E-state index is 12.0. The molecule has 0 fully saturated rings.